The van der Waals surface area contributed by atoms with Crippen molar-refractivity contribution >= 4 is 11.1 Å². The molecule has 6 bridgehead atoms. The number of benzene rings is 4. The van der Waals surface area contributed by atoms with Gasteiger partial charge < -0.3 is 28.5 Å². The number of fused-ring (bicyclic) bond motifs is 3. The summed E-state index contributed by atoms with van der Waals surface area (Å²) in [7, 11) is 7.66. The Bertz CT molecular complexity index is 2020. The number of hydrogen-bond donors (Lipinski definition) is 1. The lowest BCUT2D eigenvalue weighted by molar-refractivity contribution is 0.219. The number of methoxy groups -OCH3 is 2. The van der Waals surface area contributed by atoms with E-state index in [1.807, 2.05) is 19.1 Å². The normalized spacial score (nSPS) is 19.2. The van der Waals surface area contributed by atoms with E-state index in [9.17, 15) is 5.11 Å². The minimum absolute atomic E-state index is 0.00650. The van der Waals surface area contributed by atoms with Gasteiger partial charge >= 0.3 is 0 Å². The van der Waals surface area contributed by atoms with Gasteiger partial charge in [-0.05, 0) is 110 Å². The summed E-state index contributed by atoms with van der Waals surface area (Å²) in [6.45, 7) is 3.51. The first-order valence-corrected chi connectivity index (χ1v) is 16.6. The average molecular weight is 648 g/mol. The zero-order valence-corrected chi connectivity index (χ0v) is 28.1. The van der Waals surface area contributed by atoms with Crippen LogP contribution in [-0.2, 0) is 32.3 Å². The van der Waals surface area contributed by atoms with Gasteiger partial charge in [-0.15, -0.1) is 0 Å². The third-order valence-electron chi connectivity index (χ3n) is 10.3. The number of oxazole rings is 1. The van der Waals surface area contributed by atoms with E-state index >= 15 is 0 Å². The Morgan fingerprint density at radius 3 is 2.33 bits per heavy atom. The fourth-order valence-electron chi connectivity index (χ4n) is 7.79. The summed E-state index contributed by atoms with van der Waals surface area (Å²) in [6, 6.07) is 18.9. The molecular formula is C39H41N3O6. The number of nitrogens with zero attached hydrogens (tertiary/aromatic N) is 3. The Balaban J connectivity index is 1.36. The Labute approximate surface area is 280 Å². The Kier molecular flexibility index (Phi) is 7.78. The number of hydrogen-bond acceptors (Lipinski definition) is 9. The van der Waals surface area contributed by atoms with Gasteiger partial charge in [-0.3, -0.25) is 9.80 Å². The Hall–Kier alpha value is -4.57. The van der Waals surface area contributed by atoms with Crippen LogP contribution in [0.5, 0.6) is 34.5 Å². The third kappa shape index (κ3) is 5.26. The van der Waals surface area contributed by atoms with Crippen LogP contribution in [0.1, 0.15) is 56.9 Å². The van der Waals surface area contributed by atoms with E-state index in [1.165, 1.54) is 11.1 Å². The molecule has 0 fully saturated rings. The largest absolute Gasteiger partial charge is 0.493 e. The van der Waals surface area contributed by atoms with Crippen molar-refractivity contribution in [2.75, 3.05) is 41.4 Å². The van der Waals surface area contributed by atoms with E-state index in [-0.39, 0.29) is 18.7 Å². The minimum Gasteiger partial charge on any atom is -0.493 e. The number of aromatic nitrogens is 1. The Morgan fingerprint density at radius 2 is 1.58 bits per heavy atom. The SMILES string of the molecule is COc1cc2c3cc1Oc1c(OC)c(CO)cc4c1[C@H](Cc1ccc(cc1)Oc1cc(cc5nc(C)oc15)C[C@H]3N(C)CC2)N(C)CC4. The lowest BCUT2D eigenvalue weighted by atomic mass is 9.86. The van der Waals surface area contributed by atoms with Crippen molar-refractivity contribution in [2.45, 2.75) is 51.3 Å². The van der Waals surface area contributed by atoms with Crippen LogP contribution in [0.15, 0.2) is 59.0 Å². The maximum atomic E-state index is 10.5. The quantitative estimate of drug-likeness (QED) is 0.221. The van der Waals surface area contributed by atoms with Crippen molar-refractivity contribution in [3.05, 3.63) is 99.4 Å². The number of aliphatic hydroxyl groups is 1. The standard InChI is InChI=1S/C39H41N3O6/c1-22-40-30-14-24-16-31-29-20-34(33(44-4)19-25(29)10-12-41(31)2)48-39-36-26(18-27(21-43)37(39)45-5)11-13-42(3)32(36)15-23-6-8-28(9-7-23)47-35(17-24)38(30)46-22/h6-9,14,17-20,31-32,43H,10-13,15-16,21H2,1-5H3/t31-,32+/m1/s1. The van der Waals surface area contributed by atoms with Crippen LogP contribution in [-0.4, -0.2) is 61.3 Å². The molecule has 2 atom stereocenters. The molecule has 0 saturated heterocycles. The summed E-state index contributed by atoms with van der Waals surface area (Å²) in [5.41, 5.74) is 9.06. The molecular weight excluding hydrogens is 606 g/mol. The molecule has 1 N–H and O–H groups in total. The van der Waals surface area contributed by atoms with Gasteiger partial charge in [0, 0.05) is 43.2 Å². The van der Waals surface area contributed by atoms with Gasteiger partial charge in [0.2, 0.25) is 0 Å². The van der Waals surface area contributed by atoms with Crippen LogP contribution in [0, 0.1) is 6.92 Å². The summed E-state index contributed by atoms with van der Waals surface area (Å²) in [5.74, 6) is 4.47. The molecule has 9 rings (SSSR count). The topological polar surface area (TPSA) is 89.7 Å². The fraction of sp³-hybridized carbons (Fsp3) is 0.359. The number of aliphatic hydroxyl groups excluding tert-OH is 1. The van der Waals surface area contributed by atoms with Crippen LogP contribution in [0.4, 0.5) is 0 Å². The zero-order valence-electron chi connectivity index (χ0n) is 28.1. The second-order valence-electron chi connectivity index (χ2n) is 13.3. The molecule has 0 aliphatic carbocycles. The van der Waals surface area contributed by atoms with E-state index < -0.39 is 0 Å². The highest BCUT2D eigenvalue weighted by Gasteiger charge is 2.34. The maximum Gasteiger partial charge on any atom is 0.197 e. The van der Waals surface area contributed by atoms with E-state index in [2.05, 4.69) is 71.3 Å². The second kappa shape index (κ2) is 12.1. The molecule has 9 nitrogen and oxygen atoms in total. The molecule has 5 aromatic rings. The van der Waals surface area contributed by atoms with Crippen molar-refractivity contribution in [1.82, 2.24) is 14.8 Å². The van der Waals surface area contributed by atoms with Gasteiger partial charge in [-0.25, -0.2) is 4.98 Å². The first-order valence-electron chi connectivity index (χ1n) is 16.6. The van der Waals surface area contributed by atoms with Crippen molar-refractivity contribution in [3.63, 3.8) is 0 Å². The number of ether oxygens (including phenoxy) is 4. The monoisotopic (exact) mass is 647 g/mol. The molecule has 9 heteroatoms. The number of aryl methyl sites for hydroxylation is 1. The number of likely N-dealkylation sites (N-methyl/N-ethyl adjacent to an activating group) is 2. The third-order valence-corrected chi connectivity index (χ3v) is 10.3. The number of rotatable bonds is 3. The van der Waals surface area contributed by atoms with Crippen LogP contribution >= 0.6 is 0 Å². The van der Waals surface area contributed by atoms with Gasteiger partial charge in [-0.2, -0.15) is 0 Å². The molecule has 248 valence electrons. The fourth-order valence-corrected chi connectivity index (χ4v) is 7.79. The molecule has 1 aromatic heterocycles. The van der Waals surface area contributed by atoms with Crippen molar-refractivity contribution in [2.24, 2.45) is 0 Å². The molecule has 0 radical (unpaired) electrons. The predicted molar refractivity (Wildman–Crippen MR) is 183 cm³/mol. The van der Waals surface area contributed by atoms with Crippen molar-refractivity contribution < 1.29 is 28.5 Å². The van der Waals surface area contributed by atoms with E-state index in [0.29, 0.717) is 45.8 Å². The molecule has 0 saturated carbocycles. The smallest absolute Gasteiger partial charge is 0.197 e. The van der Waals surface area contributed by atoms with Gasteiger partial charge in [0.15, 0.2) is 40.2 Å². The first kappa shape index (κ1) is 30.7. The van der Waals surface area contributed by atoms with Crippen molar-refractivity contribution in [3.8, 4) is 34.5 Å². The maximum absolute atomic E-state index is 10.5. The van der Waals surface area contributed by atoms with Crippen LogP contribution < -0.4 is 18.9 Å². The van der Waals surface area contributed by atoms with Crippen LogP contribution in [0.25, 0.3) is 11.1 Å². The Morgan fingerprint density at radius 1 is 0.833 bits per heavy atom. The molecule has 0 unspecified atom stereocenters. The highest BCUT2D eigenvalue weighted by Crippen LogP contribution is 2.50. The lowest BCUT2D eigenvalue weighted by Gasteiger charge is -2.37. The van der Waals surface area contributed by atoms with E-state index in [4.69, 9.17) is 23.4 Å². The molecule has 4 aliphatic heterocycles. The van der Waals surface area contributed by atoms with Gasteiger partial charge in [0.25, 0.3) is 0 Å². The molecule has 48 heavy (non-hydrogen) atoms. The van der Waals surface area contributed by atoms with Crippen LogP contribution in [0.3, 0.4) is 0 Å². The highest BCUT2D eigenvalue weighted by atomic mass is 16.5. The summed E-state index contributed by atoms with van der Waals surface area (Å²) >= 11 is 0. The predicted octanol–water partition coefficient (Wildman–Crippen LogP) is 7.09. The van der Waals surface area contributed by atoms with Gasteiger partial charge in [0.1, 0.15) is 11.3 Å². The van der Waals surface area contributed by atoms with Gasteiger partial charge in [-0.1, -0.05) is 12.1 Å². The molecule has 0 spiro atoms. The molecule has 4 aromatic carbocycles. The van der Waals surface area contributed by atoms with E-state index in [0.717, 1.165) is 72.3 Å². The molecule has 4 aliphatic rings. The molecule has 5 heterocycles. The summed E-state index contributed by atoms with van der Waals surface area (Å²) in [4.78, 5) is 9.46. The highest BCUT2D eigenvalue weighted by molar-refractivity contribution is 5.81. The van der Waals surface area contributed by atoms with Gasteiger partial charge in [0.05, 0.1) is 20.8 Å². The minimum atomic E-state index is -0.152. The zero-order chi connectivity index (χ0) is 33.1. The summed E-state index contributed by atoms with van der Waals surface area (Å²) < 4.78 is 31.6. The summed E-state index contributed by atoms with van der Waals surface area (Å²) in [5, 5.41) is 10.5. The van der Waals surface area contributed by atoms with Crippen molar-refractivity contribution in [1.29, 1.82) is 0 Å². The first-order chi connectivity index (χ1) is 23.3. The summed E-state index contributed by atoms with van der Waals surface area (Å²) in [6.07, 6.45) is 3.22. The second-order valence-corrected chi connectivity index (χ2v) is 13.3. The molecule has 0 amide bonds. The van der Waals surface area contributed by atoms with E-state index in [1.54, 1.807) is 14.2 Å². The van der Waals surface area contributed by atoms with Crippen LogP contribution in [0.2, 0.25) is 0 Å². The average Bonchev–Trinajstić information content (AvgIpc) is 3.47. The lowest BCUT2D eigenvalue weighted by Crippen LogP contribution is -2.34.